The van der Waals surface area contributed by atoms with E-state index < -0.39 is 17.6 Å². The number of nitrogens with two attached hydrogens (primary N) is 1. The number of hydrogen-bond acceptors (Lipinski definition) is 6. The smallest absolute Gasteiger partial charge is 0.335 e. The number of hydrogen-bond donors (Lipinski definition) is 4. The molecule has 9 nitrogen and oxygen atoms in total. The van der Waals surface area contributed by atoms with Crippen LogP contribution in [0.5, 0.6) is 0 Å². The number of nitrogens with zero attached hydrogens (tertiary/aromatic N) is 2. The number of aromatic carboxylic acids is 1. The van der Waals surface area contributed by atoms with Gasteiger partial charge in [-0.25, -0.2) is 9.78 Å². The largest absolute Gasteiger partial charge is 0.478 e. The normalized spacial score (nSPS) is 22.1. The molecule has 2 aliphatic carbocycles. The summed E-state index contributed by atoms with van der Waals surface area (Å²) >= 11 is 0. The van der Waals surface area contributed by atoms with Crippen LogP contribution in [0.15, 0.2) is 36.4 Å². The number of anilines is 1. The number of pyridine rings is 1. The van der Waals surface area contributed by atoms with E-state index in [1.165, 1.54) is 19.3 Å². The van der Waals surface area contributed by atoms with Gasteiger partial charge in [-0.2, -0.15) is 0 Å². The van der Waals surface area contributed by atoms with Gasteiger partial charge in [0.2, 0.25) is 11.8 Å². The van der Waals surface area contributed by atoms with Crippen LogP contribution in [0.25, 0.3) is 0 Å². The number of carbonyl (C=O) groups is 3. The summed E-state index contributed by atoms with van der Waals surface area (Å²) < 4.78 is 0. The van der Waals surface area contributed by atoms with Crippen molar-refractivity contribution < 1.29 is 19.5 Å². The molecule has 5 rings (SSSR count). The monoisotopic (exact) mass is 619 g/mol. The van der Waals surface area contributed by atoms with Crippen molar-refractivity contribution in [3.63, 3.8) is 0 Å². The number of aryl methyl sites for hydroxylation is 1. The van der Waals surface area contributed by atoms with Gasteiger partial charge in [-0.1, -0.05) is 50.3 Å². The molecule has 1 saturated heterocycles. The first kappa shape index (κ1) is 33.6. The van der Waals surface area contributed by atoms with E-state index in [0.717, 1.165) is 48.9 Å². The quantitative estimate of drug-likeness (QED) is 0.304. The zero-order chi connectivity index (χ0) is 28.3. The van der Waals surface area contributed by atoms with Gasteiger partial charge in [0.05, 0.1) is 11.6 Å². The number of piperidine rings is 1. The number of halogens is 2. The van der Waals surface area contributed by atoms with Gasteiger partial charge < -0.3 is 26.4 Å². The summed E-state index contributed by atoms with van der Waals surface area (Å²) in [6.45, 7) is 3.28. The third-order valence-electron chi connectivity index (χ3n) is 9.15. The molecule has 2 aromatic rings. The maximum absolute atomic E-state index is 14.2. The Bertz CT molecular complexity index is 1250. The first-order valence-electron chi connectivity index (χ1n) is 14.7. The second-order valence-corrected chi connectivity index (χ2v) is 11.8. The Morgan fingerprint density at radius 1 is 1.02 bits per heavy atom. The highest BCUT2D eigenvalue weighted by atomic mass is 35.5. The van der Waals surface area contributed by atoms with Gasteiger partial charge in [-0.15, -0.1) is 24.8 Å². The van der Waals surface area contributed by atoms with Crippen molar-refractivity contribution in [1.82, 2.24) is 20.5 Å². The van der Waals surface area contributed by atoms with E-state index >= 15 is 0 Å². The molecular weight excluding hydrogens is 577 g/mol. The molecule has 1 aromatic heterocycles. The predicted octanol–water partition coefficient (Wildman–Crippen LogP) is 4.64. The maximum Gasteiger partial charge on any atom is 0.335 e. The molecule has 2 saturated carbocycles. The number of rotatable bonds is 10. The molecule has 11 heteroatoms. The third-order valence-corrected chi connectivity index (χ3v) is 9.15. The fourth-order valence-corrected chi connectivity index (χ4v) is 6.74. The molecule has 0 unspecified atom stereocenters. The van der Waals surface area contributed by atoms with Crippen LogP contribution >= 0.6 is 24.8 Å². The lowest BCUT2D eigenvalue weighted by molar-refractivity contribution is -0.146. The van der Waals surface area contributed by atoms with Gasteiger partial charge in [0, 0.05) is 25.3 Å². The molecule has 3 atom stereocenters. The van der Waals surface area contributed by atoms with E-state index in [1.807, 2.05) is 17.9 Å². The Morgan fingerprint density at radius 3 is 2.40 bits per heavy atom. The molecule has 230 valence electrons. The number of likely N-dealkylation sites (tertiary alicyclic amines) is 1. The third kappa shape index (κ3) is 7.36. The SMILES string of the molecule is Cc1nc(N)ccc1CNC(=O)[C@]12C[C@H]1CCCN2C(=O)[C@@H](CC1CCCCC1)NCc1ccc(C(=O)O)cc1.Cl.Cl. The zero-order valence-electron chi connectivity index (χ0n) is 24.1. The summed E-state index contributed by atoms with van der Waals surface area (Å²) in [5, 5.41) is 15.8. The molecule has 1 aromatic carbocycles. The highest BCUT2D eigenvalue weighted by molar-refractivity contribution is 5.96. The maximum atomic E-state index is 14.2. The fraction of sp³-hybridized carbons (Fsp3) is 0.548. The Kier molecular flexibility index (Phi) is 11.6. The number of fused-ring (bicyclic) bond motifs is 1. The highest BCUT2D eigenvalue weighted by Gasteiger charge is 2.66. The molecule has 5 N–H and O–H groups in total. The first-order chi connectivity index (χ1) is 19.3. The van der Waals surface area contributed by atoms with Crippen molar-refractivity contribution in [1.29, 1.82) is 0 Å². The minimum atomic E-state index is -0.958. The van der Waals surface area contributed by atoms with E-state index in [9.17, 15) is 19.5 Å². The van der Waals surface area contributed by atoms with E-state index in [1.54, 1.807) is 30.3 Å². The van der Waals surface area contributed by atoms with Crippen molar-refractivity contribution >= 4 is 48.4 Å². The molecule has 0 spiro atoms. The molecule has 2 amide bonds. The first-order valence-corrected chi connectivity index (χ1v) is 14.7. The van der Waals surface area contributed by atoms with Crippen LogP contribution in [0.4, 0.5) is 5.82 Å². The number of nitrogens with one attached hydrogen (secondary N) is 2. The van der Waals surface area contributed by atoms with E-state index in [-0.39, 0.29) is 48.1 Å². The van der Waals surface area contributed by atoms with Gasteiger partial charge in [0.15, 0.2) is 0 Å². The van der Waals surface area contributed by atoms with Crippen LogP contribution < -0.4 is 16.4 Å². The molecule has 42 heavy (non-hydrogen) atoms. The van der Waals surface area contributed by atoms with E-state index in [2.05, 4.69) is 15.6 Å². The second kappa shape index (κ2) is 14.5. The average molecular weight is 621 g/mol. The van der Waals surface area contributed by atoms with Crippen LogP contribution in [0.2, 0.25) is 0 Å². The van der Waals surface area contributed by atoms with E-state index in [4.69, 9.17) is 5.73 Å². The molecule has 3 aliphatic rings. The fourth-order valence-electron chi connectivity index (χ4n) is 6.74. The second-order valence-electron chi connectivity index (χ2n) is 11.8. The molecule has 0 radical (unpaired) electrons. The van der Waals surface area contributed by atoms with Gasteiger partial charge in [-0.05, 0) is 73.8 Å². The number of carboxylic acids is 1. The van der Waals surface area contributed by atoms with Crippen molar-refractivity contribution in [3.8, 4) is 0 Å². The summed E-state index contributed by atoms with van der Waals surface area (Å²) in [6, 6.07) is 9.99. The summed E-state index contributed by atoms with van der Waals surface area (Å²) in [7, 11) is 0. The predicted molar refractivity (Wildman–Crippen MR) is 167 cm³/mol. The van der Waals surface area contributed by atoms with Crippen LogP contribution in [0.1, 0.15) is 85.0 Å². The number of benzene rings is 1. The molecule has 1 aliphatic heterocycles. The lowest BCUT2D eigenvalue weighted by Crippen LogP contribution is -2.59. The Hall–Kier alpha value is -2.88. The topological polar surface area (TPSA) is 138 Å². The van der Waals surface area contributed by atoms with Crippen molar-refractivity contribution in [2.45, 2.75) is 89.4 Å². The summed E-state index contributed by atoms with van der Waals surface area (Å²) in [6.07, 6.45) is 9.20. The van der Waals surface area contributed by atoms with Gasteiger partial charge >= 0.3 is 5.97 Å². The summed E-state index contributed by atoms with van der Waals surface area (Å²) in [4.78, 5) is 45.3. The van der Waals surface area contributed by atoms with Gasteiger partial charge in [0.25, 0.3) is 0 Å². The van der Waals surface area contributed by atoms with Crippen LogP contribution in [0.3, 0.4) is 0 Å². The summed E-state index contributed by atoms with van der Waals surface area (Å²) in [5.74, 6) is 0.0925. The van der Waals surface area contributed by atoms with Crippen molar-refractivity contribution in [3.05, 3.63) is 58.8 Å². The van der Waals surface area contributed by atoms with E-state index in [0.29, 0.717) is 37.8 Å². The van der Waals surface area contributed by atoms with Crippen LogP contribution in [-0.4, -0.2) is 50.9 Å². The molecule has 2 heterocycles. The van der Waals surface area contributed by atoms with Gasteiger partial charge in [0.1, 0.15) is 11.4 Å². The average Bonchev–Trinajstić information content (AvgIpc) is 3.71. The van der Waals surface area contributed by atoms with Gasteiger partial charge in [-0.3, -0.25) is 9.59 Å². The molecule has 3 fully saturated rings. The van der Waals surface area contributed by atoms with Crippen molar-refractivity contribution in [2.24, 2.45) is 11.8 Å². The zero-order valence-corrected chi connectivity index (χ0v) is 25.8. The number of aromatic nitrogens is 1. The van der Waals surface area contributed by atoms with Crippen LogP contribution in [0, 0.1) is 18.8 Å². The number of carbonyl (C=O) groups excluding carboxylic acids is 2. The van der Waals surface area contributed by atoms with Crippen molar-refractivity contribution in [2.75, 3.05) is 12.3 Å². The van der Waals surface area contributed by atoms with Crippen LogP contribution in [-0.2, 0) is 22.7 Å². The lowest BCUT2D eigenvalue weighted by Gasteiger charge is -2.39. The Morgan fingerprint density at radius 2 is 1.74 bits per heavy atom. The molecule has 0 bridgehead atoms. The Labute approximate surface area is 260 Å². The number of nitrogen functional groups attached to an aromatic ring is 1. The highest BCUT2D eigenvalue weighted by Crippen LogP contribution is 2.54. The minimum absolute atomic E-state index is 0. The Balaban J connectivity index is 0.00000242. The number of carboxylic acid groups (broad SMARTS) is 1. The number of amides is 2. The lowest BCUT2D eigenvalue weighted by atomic mass is 9.84. The standard InChI is InChI=1S/C31H41N5O4.2ClH/c1-20-24(13-14-27(32)35-20)19-34-30(40)31-17-25(31)8-5-15-36(31)28(37)26(16-21-6-3-2-4-7-21)33-18-22-9-11-23(12-10-22)29(38)39;;/h9-14,21,25-26,33H,2-8,15-19H2,1H3,(H2,32,35)(H,34,40)(H,38,39);2*1H/t25-,26-,31+;;/m1../s1. The molecular formula is C31H43Cl2N5O4. The summed E-state index contributed by atoms with van der Waals surface area (Å²) in [5.41, 5.74) is 7.87. The minimum Gasteiger partial charge on any atom is -0.478 e.